The number of nitrogens with zero attached hydrogens (tertiary/aromatic N) is 2. The largest absolute Gasteiger partial charge is 0.497 e. The van der Waals surface area contributed by atoms with E-state index in [1.807, 2.05) is 6.07 Å². The molecule has 0 fully saturated rings. The van der Waals surface area contributed by atoms with Crippen LogP contribution in [0.2, 0.25) is 5.02 Å². The van der Waals surface area contributed by atoms with Crippen molar-refractivity contribution in [3.8, 4) is 11.8 Å². The third kappa shape index (κ3) is 3.12. The van der Waals surface area contributed by atoms with E-state index in [-0.39, 0.29) is 10.7 Å². The number of hydrogen-bond donors (Lipinski definition) is 1. The van der Waals surface area contributed by atoms with Crippen LogP contribution in [0.5, 0.6) is 5.75 Å². The lowest BCUT2D eigenvalue weighted by Crippen LogP contribution is -1.97. The van der Waals surface area contributed by atoms with Crippen molar-refractivity contribution < 1.29 is 9.13 Å². The van der Waals surface area contributed by atoms with Gasteiger partial charge in [0.15, 0.2) is 5.69 Å². The summed E-state index contributed by atoms with van der Waals surface area (Å²) in [6.45, 7) is 0. The maximum atomic E-state index is 13.3. The van der Waals surface area contributed by atoms with Crippen LogP contribution in [0.15, 0.2) is 30.3 Å². The van der Waals surface area contributed by atoms with Gasteiger partial charge in [0.1, 0.15) is 23.5 Å². The predicted molar refractivity (Wildman–Crippen MR) is 70.2 cm³/mol. The highest BCUT2D eigenvalue weighted by Crippen LogP contribution is 2.24. The Bertz CT molecular complexity index is 655. The van der Waals surface area contributed by atoms with E-state index in [1.54, 1.807) is 18.2 Å². The van der Waals surface area contributed by atoms with Crippen LogP contribution >= 0.6 is 11.6 Å². The molecule has 0 aliphatic carbocycles. The number of pyridine rings is 1. The molecule has 19 heavy (non-hydrogen) atoms. The third-order valence-electron chi connectivity index (χ3n) is 2.33. The number of ether oxygens (including phenoxy) is 1. The van der Waals surface area contributed by atoms with E-state index in [4.69, 9.17) is 21.6 Å². The summed E-state index contributed by atoms with van der Waals surface area (Å²) in [5.41, 5.74) is 0.575. The second-order valence-corrected chi connectivity index (χ2v) is 4.05. The Balaban J connectivity index is 2.31. The van der Waals surface area contributed by atoms with Crippen LogP contribution in [0, 0.1) is 17.1 Å². The second-order valence-electron chi connectivity index (χ2n) is 3.64. The maximum Gasteiger partial charge on any atom is 0.161 e. The Morgan fingerprint density at radius 1 is 1.37 bits per heavy atom. The number of hydrogen-bond acceptors (Lipinski definition) is 4. The van der Waals surface area contributed by atoms with Crippen molar-refractivity contribution in [2.24, 2.45) is 0 Å². The summed E-state index contributed by atoms with van der Waals surface area (Å²) in [7, 11) is 1.45. The van der Waals surface area contributed by atoms with E-state index in [0.29, 0.717) is 17.3 Å². The number of rotatable bonds is 3. The topological polar surface area (TPSA) is 57.9 Å². The number of anilines is 2. The van der Waals surface area contributed by atoms with Crippen LogP contribution in [0.25, 0.3) is 0 Å². The molecule has 0 bridgehead atoms. The summed E-state index contributed by atoms with van der Waals surface area (Å²) in [6, 6.07) is 9.20. The molecule has 0 atom stereocenters. The van der Waals surface area contributed by atoms with Crippen molar-refractivity contribution in [1.82, 2.24) is 4.98 Å². The second kappa shape index (κ2) is 5.55. The predicted octanol–water partition coefficient (Wildman–Crippen LogP) is 3.50. The molecule has 1 aromatic heterocycles. The Labute approximate surface area is 114 Å². The SMILES string of the molecule is COc1cc(F)cc(Nc2ccc(Cl)c(C#N)n2)c1. The Morgan fingerprint density at radius 2 is 2.16 bits per heavy atom. The highest BCUT2D eigenvalue weighted by molar-refractivity contribution is 6.31. The Kier molecular flexibility index (Phi) is 3.83. The van der Waals surface area contributed by atoms with E-state index in [1.165, 1.54) is 19.2 Å². The summed E-state index contributed by atoms with van der Waals surface area (Å²) in [5, 5.41) is 12.0. The zero-order valence-electron chi connectivity index (χ0n) is 9.95. The third-order valence-corrected chi connectivity index (χ3v) is 2.64. The molecule has 6 heteroatoms. The Hall–Kier alpha value is -2.32. The van der Waals surface area contributed by atoms with Gasteiger partial charge >= 0.3 is 0 Å². The fraction of sp³-hybridized carbons (Fsp3) is 0.0769. The number of halogens is 2. The van der Waals surface area contributed by atoms with Gasteiger partial charge in [-0.25, -0.2) is 9.37 Å². The molecular weight excluding hydrogens is 269 g/mol. The quantitative estimate of drug-likeness (QED) is 0.933. The van der Waals surface area contributed by atoms with Gasteiger partial charge in [-0.05, 0) is 18.2 Å². The molecule has 0 saturated heterocycles. The van der Waals surface area contributed by atoms with Gasteiger partial charge in [0.2, 0.25) is 0 Å². The van der Waals surface area contributed by atoms with Crippen LogP contribution in [-0.2, 0) is 0 Å². The number of methoxy groups -OCH3 is 1. The van der Waals surface area contributed by atoms with E-state index >= 15 is 0 Å². The number of benzene rings is 1. The van der Waals surface area contributed by atoms with Crippen molar-refractivity contribution in [1.29, 1.82) is 5.26 Å². The molecule has 0 aliphatic heterocycles. The molecule has 4 nitrogen and oxygen atoms in total. The van der Waals surface area contributed by atoms with Crippen LogP contribution < -0.4 is 10.1 Å². The minimum absolute atomic E-state index is 0.107. The van der Waals surface area contributed by atoms with Crippen LogP contribution in [-0.4, -0.2) is 12.1 Å². The first-order chi connectivity index (χ1) is 9.12. The maximum absolute atomic E-state index is 13.3. The molecular formula is C13H9ClFN3O. The number of nitriles is 1. The average Bonchev–Trinajstić information content (AvgIpc) is 2.40. The normalized spacial score (nSPS) is 9.79. The first-order valence-corrected chi connectivity index (χ1v) is 5.68. The summed E-state index contributed by atoms with van der Waals surface area (Å²) < 4.78 is 18.3. The first kappa shape index (κ1) is 13.1. The van der Waals surface area contributed by atoms with E-state index < -0.39 is 5.82 Å². The fourth-order valence-electron chi connectivity index (χ4n) is 1.49. The minimum Gasteiger partial charge on any atom is -0.497 e. The highest BCUT2D eigenvalue weighted by atomic mass is 35.5. The van der Waals surface area contributed by atoms with Crippen molar-refractivity contribution in [3.05, 3.63) is 46.9 Å². The van der Waals surface area contributed by atoms with Gasteiger partial charge in [-0.15, -0.1) is 0 Å². The lowest BCUT2D eigenvalue weighted by molar-refractivity contribution is 0.411. The van der Waals surface area contributed by atoms with Crippen molar-refractivity contribution in [2.45, 2.75) is 0 Å². The number of nitrogens with one attached hydrogen (secondary N) is 1. The minimum atomic E-state index is -0.434. The summed E-state index contributed by atoms with van der Waals surface area (Å²) in [5.74, 6) is 0.349. The van der Waals surface area contributed by atoms with Gasteiger partial charge < -0.3 is 10.1 Å². The number of aromatic nitrogens is 1. The highest BCUT2D eigenvalue weighted by Gasteiger charge is 2.05. The molecule has 0 aliphatic rings. The van der Waals surface area contributed by atoms with E-state index in [0.717, 1.165) is 0 Å². The van der Waals surface area contributed by atoms with Crippen molar-refractivity contribution in [3.63, 3.8) is 0 Å². The molecule has 0 radical (unpaired) electrons. The fourth-order valence-corrected chi connectivity index (χ4v) is 1.64. The molecule has 0 amide bonds. The van der Waals surface area contributed by atoms with E-state index in [9.17, 15) is 4.39 Å². The standard InChI is InChI=1S/C13H9ClFN3O/c1-19-10-5-8(15)4-9(6-10)17-13-3-2-11(14)12(7-16)18-13/h2-6H,1H3,(H,17,18). The van der Waals surface area contributed by atoms with E-state index in [2.05, 4.69) is 10.3 Å². The van der Waals surface area contributed by atoms with Gasteiger partial charge in [-0.1, -0.05) is 11.6 Å². The molecule has 0 saturated carbocycles. The molecule has 0 unspecified atom stereocenters. The molecule has 1 N–H and O–H groups in total. The van der Waals surface area contributed by atoms with Crippen LogP contribution in [0.4, 0.5) is 15.9 Å². The summed E-state index contributed by atoms with van der Waals surface area (Å²) >= 11 is 5.78. The van der Waals surface area contributed by atoms with Crippen molar-refractivity contribution in [2.75, 3.05) is 12.4 Å². The molecule has 1 heterocycles. The lowest BCUT2D eigenvalue weighted by atomic mass is 10.3. The molecule has 96 valence electrons. The lowest BCUT2D eigenvalue weighted by Gasteiger charge is -2.08. The first-order valence-electron chi connectivity index (χ1n) is 5.30. The van der Waals surface area contributed by atoms with Gasteiger partial charge in [-0.3, -0.25) is 0 Å². The molecule has 1 aromatic carbocycles. The van der Waals surface area contributed by atoms with Gasteiger partial charge in [-0.2, -0.15) is 5.26 Å². The Morgan fingerprint density at radius 3 is 2.84 bits per heavy atom. The molecule has 0 spiro atoms. The smallest absolute Gasteiger partial charge is 0.161 e. The summed E-state index contributed by atoms with van der Waals surface area (Å²) in [4.78, 5) is 4.00. The van der Waals surface area contributed by atoms with Gasteiger partial charge in [0, 0.05) is 17.8 Å². The zero-order valence-corrected chi connectivity index (χ0v) is 10.7. The monoisotopic (exact) mass is 277 g/mol. The van der Waals surface area contributed by atoms with Crippen LogP contribution in [0.1, 0.15) is 5.69 Å². The zero-order chi connectivity index (χ0) is 13.8. The molecule has 2 rings (SSSR count). The van der Waals surface area contributed by atoms with Crippen molar-refractivity contribution >= 4 is 23.1 Å². The summed E-state index contributed by atoms with van der Waals surface area (Å²) in [6.07, 6.45) is 0. The van der Waals surface area contributed by atoms with Gasteiger partial charge in [0.05, 0.1) is 12.1 Å². The molecule has 2 aromatic rings. The van der Waals surface area contributed by atoms with Gasteiger partial charge in [0.25, 0.3) is 0 Å². The average molecular weight is 278 g/mol. The van der Waals surface area contributed by atoms with Crippen LogP contribution in [0.3, 0.4) is 0 Å².